The number of nitrogens with one attached hydrogen (secondary N) is 1. The molecule has 0 aliphatic carbocycles. The van der Waals surface area contributed by atoms with E-state index >= 15 is 0 Å². The predicted molar refractivity (Wildman–Crippen MR) is 76.2 cm³/mol. The number of halogens is 1. The molecular weight excluding hydrogens is 282 g/mol. The van der Waals surface area contributed by atoms with Gasteiger partial charge in [-0.2, -0.15) is 0 Å². The number of aromatic nitrogens is 1. The molecule has 0 saturated carbocycles. The zero-order chi connectivity index (χ0) is 14.5. The summed E-state index contributed by atoms with van der Waals surface area (Å²) in [5.41, 5.74) is 1.16. The molecule has 6 nitrogen and oxygen atoms in total. The molecule has 1 N–H and O–H groups in total. The first-order valence-electron chi connectivity index (χ1n) is 5.76. The number of hydrogen-bond acceptors (Lipinski definition) is 5. The number of nitro groups is 1. The van der Waals surface area contributed by atoms with Crippen LogP contribution in [0.1, 0.15) is 5.56 Å². The molecule has 1 heterocycles. The summed E-state index contributed by atoms with van der Waals surface area (Å²) in [7, 11) is 1.41. The van der Waals surface area contributed by atoms with Crippen LogP contribution in [0.25, 0.3) is 0 Å². The number of methoxy groups -OCH3 is 1. The second-order valence-corrected chi connectivity index (χ2v) is 4.38. The van der Waals surface area contributed by atoms with Gasteiger partial charge in [-0.25, -0.2) is 0 Å². The van der Waals surface area contributed by atoms with E-state index in [0.717, 1.165) is 5.56 Å². The Morgan fingerprint density at radius 3 is 2.90 bits per heavy atom. The van der Waals surface area contributed by atoms with Crippen molar-refractivity contribution in [2.75, 3.05) is 12.4 Å². The highest BCUT2D eigenvalue weighted by molar-refractivity contribution is 6.32. The van der Waals surface area contributed by atoms with Gasteiger partial charge in [-0.05, 0) is 17.7 Å². The summed E-state index contributed by atoms with van der Waals surface area (Å²) >= 11 is 5.99. The summed E-state index contributed by atoms with van der Waals surface area (Å²) < 4.78 is 4.98. The molecular formula is C13H12ClN3O3. The van der Waals surface area contributed by atoms with Gasteiger partial charge in [-0.15, -0.1) is 0 Å². The lowest BCUT2D eigenvalue weighted by Crippen LogP contribution is -2.03. The van der Waals surface area contributed by atoms with Crippen LogP contribution in [0.15, 0.2) is 36.7 Å². The van der Waals surface area contributed by atoms with Crippen molar-refractivity contribution in [2.45, 2.75) is 6.54 Å². The number of nitro benzene ring substituents is 1. The van der Waals surface area contributed by atoms with Gasteiger partial charge in [-0.3, -0.25) is 15.1 Å². The molecule has 0 unspecified atom stereocenters. The van der Waals surface area contributed by atoms with Gasteiger partial charge in [0.05, 0.1) is 23.1 Å². The van der Waals surface area contributed by atoms with E-state index in [2.05, 4.69) is 10.3 Å². The lowest BCUT2D eigenvalue weighted by Gasteiger charge is -2.10. The van der Waals surface area contributed by atoms with Crippen LogP contribution in [0.2, 0.25) is 5.02 Å². The zero-order valence-corrected chi connectivity index (χ0v) is 11.4. The van der Waals surface area contributed by atoms with Crippen LogP contribution in [0.5, 0.6) is 5.75 Å². The summed E-state index contributed by atoms with van der Waals surface area (Å²) in [4.78, 5) is 14.6. The third-order valence-corrected chi connectivity index (χ3v) is 2.97. The van der Waals surface area contributed by atoms with Gasteiger partial charge in [0.2, 0.25) is 0 Å². The zero-order valence-electron chi connectivity index (χ0n) is 10.7. The minimum Gasteiger partial charge on any atom is -0.495 e. The fourth-order valence-corrected chi connectivity index (χ4v) is 1.93. The van der Waals surface area contributed by atoms with Gasteiger partial charge in [0.1, 0.15) is 11.4 Å². The molecule has 104 valence electrons. The van der Waals surface area contributed by atoms with Gasteiger partial charge in [0.25, 0.3) is 5.69 Å². The van der Waals surface area contributed by atoms with E-state index < -0.39 is 4.92 Å². The Balaban J connectivity index is 2.26. The Bertz CT molecular complexity index is 620. The second kappa shape index (κ2) is 6.21. The molecule has 0 radical (unpaired) electrons. The Kier molecular flexibility index (Phi) is 4.37. The third-order valence-electron chi connectivity index (χ3n) is 2.67. The number of nitrogens with zero attached hydrogens (tertiary/aromatic N) is 2. The summed E-state index contributed by atoms with van der Waals surface area (Å²) in [6.45, 7) is 0.414. The molecule has 2 rings (SSSR count). The van der Waals surface area contributed by atoms with Crippen LogP contribution in [-0.4, -0.2) is 17.0 Å². The van der Waals surface area contributed by atoms with Gasteiger partial charge in [0.15, 0.2) is 0 Å². The summed E-state index contributed by atoms with van der Waals surface area (Å²) in [5.74, 6) is 0.269. The molecule has 0 saturated heterocycles. The first-order chi connectivity index (χ1) is 9.61. The average molecular weight is 294 g/mol. The fraction of sp³-hybridized carbons (Fsp3) is 0.154. The van der Waals surface area contributed by atoms with Crippen LogP contribution in [0, 0.1) is 10.1 Å². The van der Waals surface area contributed by atoms with E-state index in [1.165, 1.54) is 19.2 Å². The number of benzene rings is 1. The highest BCUT2D eigenvalue weighted by atomic mass is 35.5. The number of anilines is 1. The Hall–Kier alpha value is -2.34. The SMILES string of the molecule is COc1cc([N+](=O)[O-])c(NCc2cccnc2)cc1Cl. The van der Waals surface area contributed by atoms with Gasteiger partial charge >= 0.3 is 0 Å². The van der Waals surface area contributed by atoms with Crippen molar-refractivity contribution in [3.05, 3.63) is 57.4 Å². The molecule has 7 heteroatoms. The Morgan fingerprint density at radius 2 is 2.30 bits per heavy atom. The topological polar surface area (TPSA) is 77.3 Å². The van der Waals surface area contributed by atoms with Gasteiger partial charge in [-0.1, -0.05) is 17.7 Å². The highest BCUT2D eigenvalue weighted by Crippen LogP contribution is 2.35. The smallest absolute Gasteiger partial charge is 0.296 e. The molecule has 2 aromatic rings. The maximum atomic E-state index is 11.1. The predicted octanol–water partition coefficient (Wildman–Crippen LogP) is 3.26. The highest BCUT2D eigenvalue weighted by Gasteiger charge is 2.18. The van der Waals surface area contributed by atoms with E-state index in [0.29, 0.717) is 17.3 Å². The summed E-state index contributed by atoms with van der Waals surface area (Å²) in [5, 5.41) is 14.4. The van der Waals surface area contributed by atoms with Gasteiger partial charge < -0.3 is 10.1 Å². The number of hydrogen-bond donors (Lipinski definition) is 1. The number of pyridine rings is 1. The molecule has 0 aliphatic heterocycles. The molecule has 20 heavy (non-hydrogen) atoms. The van der Waals surface area contributed by atoms with Crippen molar-refractivity contribution < 1.29 is 9.66 Å². The van der Waals surface area contributed by atoms with Crippen LogP contribution < -0.4 is 10.1 Å². The normalized spacial score (nSPS) is 10.1. The van der Waals surface area contributed by atoms with Crippen LogP contribution in [0.4, 0.5) is 11.4 Å². The molecule has 1 aromatic carbocycles. The number of ether oxygens (including phenoxy) is 1. The van der Waals surface area contributed by atoms with E-state index in [1.54, 1.807) is 18.5 Å². The van der Waals surface area contributed by atoms with Crippen LogP contribution >= 0.6 is 11.6 Å². The Labute approximate surface area is 120 Å². The molecule has 1 aromatic heterocycles. The van der Waals surface area contributed by atoms with Crippen molar-refractivity contribution in [2.24, 2.45) is 0 Å². The first-order valence-corrected chi connectivity index (χ1v) is 6.14. The average Bonchev–Trinajstić information content (AvgIpc) is 2.46. The maximum Gasteiger partial charge on any atom is 0.296 e. The first kappa shape index (κ1) is 14.1. The molecule has 0 fully saturated rings. The van der Waals surface area contributed by atoms with E-state index in [9.17, 15) is 10.1 Å². The number of rotatable bonds is 5. The lowest BCUT2D eigenvalue weighted by atomic mass is 10.2. The maximum absolute atomic E-state index is 11.1. The molecule has 0 spiro atoms. The van der Waals surface area contributed by atoms with Crippen LogP contribution in [0.3, 0.4) is 0 Å². The van der Waals surface area contributed by atoms with Crippen molar-refractivity contribution >= 4 is 23.0 Å². The monoisotopic (exact) mass is 293 g/mol. The largest absolute Gasteiger partial charge is 0.495 e. The Morgan fingerprint density at radius 1 is 1.50 bits per heavy atom. The molecule has 0 atom stereocenters. The lowest BCUT2D eigenvalue weighted by molar-refractivity contribution is -0.384. The third kappa shape index (κ3) is 3.16. The quantitative estimate of drug-likeness (QED) is 0.676. The van der Waals surface area contributed by atoms with E-state index in [4.69, 9.17) is 16.3 Å². The molecule has 0 amide bonds. The standard InChI is InChI=1S/C13H12ClN3O3/c1-20-13-6-12(17(18)19)11(5-10(13)14)16-8-9-3-2-4-15-7-9/h2-7,16H,8H2,1H3. The fourth-order valence-electron chi connectivity index (χ4n) is 1.69. The van der Waals surface area contributed by atoms with Crippen molar-refractivity contribution in [1.82, 2.24) is 4.98 Å². The second-order valence-electron chi connectivity index (χ2n) is 3.98. The summed E-state index contributed by atoms with van der Waals surface area (Å²) in [6.07, 6.45) is 3.35. The minimum absolute atomic E-state index is 0.0878. The van der Waals surface area contributed by atoms with Gasteiger partial charge in [0, 0.05) is 18.9 Å². The van der Waals surface area contributed by atoms with E-state index in [-0.39, 0.29) is 11.4 Å². The molecule has 0 aliphatic rings. The summed E-state index contributed by atoms with van der Waals surface area (Å²) in [6, 6.07) is 6.45. The minimum atomic E-state index is -0.482. The van der Waals surface area contributed by atoms with Crippen molar-refractivity contribution in [3.63, 3.8) is 0 Å². The van der Waals surface area contributed by atoms with E-state index in [1.807, 2.05) is 6.07 Å². The van der Waals surface area contributed by atoms with Crippen molar-refractivity contribution in [3.8, 4) is 5.75 Å². The van der Waals surface area contributed by atoms with Crippen LogP contribution in [-0.2, 0) is 6.54 Å². The molecule has 0 bridgehead atoms. The van der Waals surface area contributed by atoms with Crippen molar-refractivity contribution in [1.29, 1.82) is 0 Å².